The maximum atomic E-state index is 12.0. The van der Waals surface area contributed by atoms with E-state index in [1.807, 2.05) is 20.8 Å². The van der Waals surface area contributed by atoms with Gasteiger partial charge < -0.3 is 10.6 Å². The largest absolute Gasteiger partial charge is 0.353 e. The summed E-state index contributed by atoms with van der Waals surface area (Å²) in [4.78, 5) is 14.3. The molecule has 2 N–H and O–H groups in total. The molecule has 0 aromatic heterocycles. The summed E-state index contributed by atoms with van der Waals surface area (Å²) in [6.45, 7) is 9.32. The number of likely N-dealkylation sites (tertiary alicyclic amines) is 1. The van der Waals surface area contributed by atoms with Crippen molar-refractivity contribution in [1.29, 1.82) is 0 Å². The van der Waals surface area contributed by atoms with Gasteiger partial charge in [-0.25, -0.2) is 0 Å². The molecule has 0 spiro atoms. The molecule has 4 nitrogen and oxygen atoms in total. The summed E-state index contributed by atoms with van der Waals surface area (Å²) < 4.78 is 0. The van der Waals surface area contributed by atoms with Crippen molar-refractivity contribution in [2.45, 2.75) is 64.6 Å². The minimum Gasteiger partial charge on any atom is -0.353 e. The lowest BCUT2D eigenvalue weighted by molar-refractivity contribution is -0.126. The van der Waals surface area contributed by atoms with Crippen molar-refractivity contribution in [1.82, 2.24) is 15.5 Å². The Balaban J connectivity index is 1.67. The number of rotatable bonds is 6. The molecule has 0 aromatic rings. The van der Waals surface area contributed by atoms with Gasteiger partial charge in [-0.05, 0) is 58.9 Å². The monoisotopic (exact) mass is 267 g/mol. The number of piperidine rings is 1. The minimum atomic E-state index is 0.00628. The van der Waals surface area contributed by atoms with E-state index < -0.39 is 0 Å². The number of nitrogens with zero attached hydrogens (tertiary/aromatic N) is 1. The average molecular weight is 267 g/mol. The number of hydrogen-bond donors (Lipinski definition) is 2. The smallest absolute Gasteiger partial charge is 0.237 e. The van der Waals surface area contributed by atoms with Gasteiger partial charge in [-0.15, -0.1) is 0 Å². The Morgan fingerprint density at radius 3 is 2.32 bits per heavy atom. The third-order valence-corrected chi connectivity index (χ3v) is 4.28. The highest BCUT2D eigenvalue weighted by molar-refractivity contribution is 5.81. The predicted molar refractivity (Wildman–Crippen MR) is 78.1 cm³/mol. The van der Waals surface area contributed by atoms with Crippen LogP contribution in [0.2, 0.25) is 0 Å². The van der Waals surface area contributed by atoms with Crippen molar-refractivity contribution < 1.29 is 4.79 Å². The summed E-state index contributed by atoms with van der Waals surface area (Å²) in [6, 6.07) is 0.900. The molecule has 1 aliphatic heterocycles. The summed E-state index contributed by atoms with van der Waals surface area (Å²) in [7, 11) is 0. The zero-order chi connectivity index (χ0) is 13.8. The molecule has 4 heteroatoms. The lowest BCUT2D eigenvalue weighted by Gasteiger charge is -2.36. The van der Waals surface area contributed by atoms with E-state index in [9.17, 15) is 4.79 Å². The number of carbonyl (C=O) groups is 1. The van der Waals surface area contributed by atoms with Crippen molar-refractivity contribution in [3.63, 3.8) is 0 Å². The van der Waals surface area contributed by atoms with Gasteiger partial charge in [0.1, 0.15) is 0 Å². The number of hydrogen-bond acceptors (Lipinski definition) is 3. The number of amides is 1. The van der Waals surface area contributed by atoms with E-state index in [1.54, 1.807) is 0 Å². The van der Waals surface area contributed by atoms with E-state index >= 15 is 0 Å². The van der Waals surface area contributed by atoms with Gasteiger partial charge in [-0.1, -0.05) is 0 Å². The fraction of sp³-hybridized carbons (Fsp3) is 0.933. The van der Waals surface area contributed by atoms with Gasteiger partial charge in [0.25, 0.3) is 0 Å². The van der Waals surface area contributed by atoms with Gasteiger partial charge in [0, 0.05) is 25.2 Å². The molecule has 1 aliphatic carbocycles. The second kappa shape index (κ2) is 6.71. The molecule has 0 bridgehead atoms. The van der Waals surface area contributed by atoms with Crippen molar-refractivity contribution in [2.75, 3.05) is 19.6 Å². The van der Waals surface area contributed by atoms with Crippen molar-refractivity contribution in [3.8, 4) is 0 Å². The molecule has 110 valence electrons. The van der Waals surface area contributed by atoms with Crippen molar-refractivity contribution in [3.05, 3.63) is 0 Å². The van der Waals surface area contributed by atoms with Gasteiger partial charge in [-0.2, -0.15) is 0 Å². The number of nitrogens with one attached hydrogen (secondary N) is 2. The molecule has 1 heterocycles. The quantitative estimate of drug-likeness (QED) is 0.764. The molecular formula is C15H29N3O. The molecule has 2 aliphatic rings. The molecular weight excluding hydrogens is 238 g/mol. The first-order valence-corrected chi connectivity index (χ1v) is 7.84. The number of carbonyl (C=O) groups excluding carboxylic acids is 1. The van der Waals surface area contributed by atoms with Crippen LogP contribution in [-0.2, 0) is 4.79 Å². The summed E-state index contributed by atoms with van der Waals surface area (Å²) in [5, 5.41) is 6.68. The summed E-state index contributed by atoms with van der Waals surface area (Å²) in [6.07, 6.45) is 5.18. The van der Waals surface area contributed by atoms with Crippen LogP contribution in [-0.4, -0.2) is 48.6 Å². The Morgan fingerprint density at radius 1 is 1.16 bits per heavy atom. The third kappa shape index (κ3) is 4.77. The Labute approximate surface area is 117 Å². The Kier molecular flexibility index (Phi) is 5.22. The van der Waals surface area contributed by atoms with E-state index in [2.05, 4.69) is 15.5 Å². The molecule has 0 aromatic carbocycles. The Hall–Kier alpha value is -0.610. The summed E-state index contributed by atoms with van der Waals surface area (Å²) >= 11 is 0. The third-order valence-electron chi connectivity index (χ3n) is 4.28. The van der Waals surface area contributed by atoms with E-state index in [1.165, 1.54) is 32.2 Å². The van der Waals surface area contributed by atoms with Crippen LogP contribution in [0.3, 0.4) is 0 Å². The molecule has 2 fully saturated rings. The molecule has 1 saturated heterocycles. The van der Waals surface area contributed by atoms with Crippen LogP contribution in [0.25, 0.3) is 0 Å². The molecule has 1 unspecified atom stereocenters. The molecule has 1 amide bonds. The molecule has 19 heavy (non-hydrogen) atoms. The Bertz CT molecular complexity index is 294. The normalized spacial score (nSPS) is 23.6. The van der Waals surface area contributed by atoms with E-state index in [0.717, 1.165) is 19.0 Å². The highest BCUT2D eigenvalue weighted by Crippen LogP contribution is 2.28. The van der Waals surface area contributed by atoms with Gasteiger partial charge in [0.05, 0.1) is 6.04 Å². The van der Waals surface area contributed by atoms with Crippen LogP contribution in [0.4, 0.5) is 0 Å². The lowest BCUT2D eigenvalue weighted by atomic mass is 10.0. The standard InChI is InChI=1S/C15H29N3O/c1-11(2)17-15(19)12(3)18-8-6-14(7-9-18)16-10-13-4-5-13/h11-14,16H,4-10H2,1-3H3,(H,17,19). The average Bonchev–Trinajstić information content (AvgIpc) is 3.19. The molecule has 2 rings (SSSR count). The van der Waals surface area contributed by atoms with Crippen molar-refractivity contribution >= 4 is 5.91 Å². The second-order valence-electron chi connectivity index (χ2n) is 6.50. The minimum absolute atomic E-state index is 0.00628. The zero-order valence-corrected chi connectivity index (χ0v) is 12.6. The molecule has 0 radical (unpaired) electrons. The molecule has 1 saturated carbocycles. The first kappa shape index (κ1) is 14.8. The second-order valence-corrected chi connectivity index (χ2v) is 6.50. The SMILES string of the molecule is CC(C)NC(=O)C(C)N1CCC(NCC2CC2)CC1. The van der Waals surface area contributed by atoms with Gasteiger partial charge in [0.15, 0.2) is 0 Å². The fourth-order valence-corrected chi connectivity index (χ4v) is 2.72. The summed E-state index contributed by atoms with van der Waals surface area (Å²) in [5.74, 6) is 1.12. The Morgan fingerprint density at radius 2 is 1.79 bits per heavy atom. The zero-order valence-electron chi connectivity index (χ0n) is 12.6. The van der Waals surface area contributed by atoms with E-state index in [0.29, 0.717) is 6.04 Å². The first-order valence-electron chi connectivity index (χ1n) is 7.84. The van der Waals surface area contributed by atoms with Crippen LogP contribution >= 0.6 is 0 Å². The van der Waals surface area contributed by atoms with E-state index in [4.69, 9.17) is 0 Å². The molecule has 1 atom stereocenters. The highest BCUT2D eigenvalue weighted by atomic mass is 16.2. The van der Waals surface area contributed by atoms with Gasteiger partial charge >= 0.3 is 0 Å². The van der Waals surface area contributed by atoms with Crippen LogP contribution in [0.5, 0.6) is 0 Å². The van der Waals surface area contributed by atoms with Crippen LogP contribution < -0.4 is 10.6 Å². The topological polar surface area (TPSA) is 44.4 Å². The maximum Gasteiger partial charge on any atom is 0.237 e. The lowest BCUT2D eigenvalue weighted by Crippen LogP contribution is -2.52. The van der Waals surface area contributed by atoms with Crippen LogP contribution in [0.1, 0.15) is 46.5 Å². The maximum absolute atomic E-state index is 12.0. The first-order chi connectivity index (χ1) is 9.06. The van der Waals surface area contributed by atoms with Crippen LogP contribution in [0, 0.1) is 5.92 Å². The van der Waals surface area contributed by atoms with Gasteiger partial charge in [0.2, 0.25) is 5.91 Å². The van der Waals surface area contributed by atoms with Crippen molar-refractivity contribution in [2.24, 2.45) is 5.92 Å². The fourth-order valence-electron chi connectivity index (χ4n) is 2.72. The van der Waals surface area contributed by atoms with Crippen LogP contribution in [0.15, 0.2) is 0 Å². The highest BCUT2D eigenvalue weighted by Gasteiger charge is 2.28. The van der Waals surface area contributed by atoms with E-state index in [-0.39, 0.29) is 18.0 Å². The summed E-state index contributed by atoms with van der Waals surface area (Å²) in [5.41, 5.74) is 0. The predicted octanol–water partition coefficient (Wildman–Crippen LogP) is 1.36. The van der Waals surface area contributed by atoms with Gasteiger partial charge in [-0.3, -0.25) is 9.69 Å².